The first kappa shape index (κ1) is 12.2. The van der Waals surface area contributed by atoms with Crippen molar-refractivity contribution in [3.8, 4) is 0 Å². The fourth-order valence-electron chi connectivity index (χ4n) is 2.70. The number of benzene rings is 1. The monoisotopic (exact) mass is 256 g/mol. The van der Waals surface area contributed by atoms with Crippen LogP contribution in [0.1, 0.15) is 36.6 Å². The van der Waals surface area contributed by atoms with Crippen LogP contribution in [-0.4, -0.2) is 14.7 Å². The number of hydrogen-bond acceptors (Lipinski definition) is 3. The summed E-state index contributed by atoms with van der Waals surface area (Å²) in [5.41, 5.74) is 10.1. The predicted octanol–water partition coefficient (Wildman–Crippen LogP) is 2.56. The maximum Gasteiger partial charge on any atom is 0.126 e. The van der Waals surface area contributed by atoms with Crippen LogP contribution < -0.4 is 5.73 Å². The Balaban J connectivity index is 1.74. The van der Waals surface area contributed by atoms with E-state index in [9.17, 15) is 0 Å². The molecule has 0 bridgehead atoms. The molecule has 0 spiro atoms. The number of hydrogen-bond donors (Lipinski definition) is 1. The summed E-state index contributed by atoms with van der Waals surface area (Å²) in [6.07, 6.45) is 1.90. The van der Waals surface area contributed by atoms with Crippen molar-refractivity contribution < 1.29 is 0 Å². The van der Waals surface area contributed by atoms with Crippen LogP contribution >= 0.6 is 0 Å². The minimum Gasteiger partial charge on any atom is -0.384 e. The van der Waals surface area contributed by atoms with Crippen molar-refractivity contribution in [1.29, 1.82) is 0 Å². The highest BCUT2D eigenvalue weighted by Gasteiger charge is 2.20. The van der Waals surface area contributed by atoms with E-state index in [2.05, 4.69) is 48.1 Å². The molecule has 3 rings (SSSR count). The molecule has 100 valence electrons. The van der Waals surface area contributed by atoms with Gasteiger partial charge >= 0.3 is 0 Å². The van der Waals surface area contributed by atoms with E-state index in [1.807, 2.05) is 10.9 Å². The van der Waals surface area contributed by atoms with Crippen LogP contribution in [-0.2, 0) is 19.6 Å². The van der Waals surface area contributed by atoms with Crippen LogP contribution in [0.3, 0.4) is 0 Å². The Labute approximate surface area is 113 Å². The lowest BCUT2D eigenvalue weighted by Gasteiger charge is -2.15. The summed E-state index contributed by atoms with van der Waals surface area (Å²) in [4.78, 5) is 2.41. The molecular formula is C15H20N4. The molecule has 0 saturated carbocycles. The summed E-state index contributed by atoms with van der Waals surface area (Å²) in [5, 5.41) is 4.37. The van der Waals surface area contributed by atoms with Gasteiger partial charge in [-0.3, -0.25) is 4.90 Å². The van der Waals surface area contributed by atoms with Gasteiger partial charge in [0, 0.05) is 31.2 Å². The quantitative estimate of drug-likeness (QED) is 0.918. The molecule has 0 radical (unpaired) electrons. The van der Waals surface area contributed by atoms with Gasteiger partial charge in [0.25, 0.3) is 0 Å². The Morgan fingerprint density at radius 3 is 2.37 bits per heavy atom. The molecule has 1 aliphatic rings. The largest absolute Gasteiger partial charge is 0.384 e. The third-order valence-corrected chi connectivity index (χ3v) is 3.70. The van der Waals surface area contributed by atoms with Gasteiger partial charge < -0.3 is 5.73 Å². The maximum atomic E-state index is 6.16. The summed E-state index contributed by atoms with van der Waals surface area (Å²) in [7, 11) is 0. The summed E-state index contributed by atoms with van der Waals surface area (Å²) in [5.74, 6) is 0.797. The van der Waals surface area contributed by atoms with E-state index in [1.165, 1.54) is 11.1 Å². The van der Waals surface area contributed by atoms with Crippen molar-refractivity contribution in [2.75, 3.05) is 5.73 Å². The highest BCUT2D eigenvalue weighted by Crippen LogP contribution is 2.26. The molecule has 2 heterocycles. The Bertz CT molecular complexity index is 561. The van der Waals surface area contributed by atoms with Crippen LogP contribution in [0.25, 0.3) is 0 Å². The summed E-state index contributed by atoms with van der Waals surface area (Å²) in [6, 6.07) is 8.93. The van der Waals surface area contributed by atoms with Gasteiger partial charge in [-0.2, -0.15) is 5.10 Å². The topological polar surface area (TPSA) is 47.1 Å². The van der Waals surface area contributed by atoms with Gasteiger partial charge in [-0.05, 0) is 25.0 Å². The first-order valence-corrected chi connectivity index (χ1v) is 6.76. The lowest BCUT2D eigenvalue weighted by molar-refractivity contribution is 0.276. The fourth-order valence-corrected chi connectivity index (χ4v) is 2.70. The number of anilines is 1. The van der Waals surface area contributed by atoms with Gasteiger partial charge in [0.1, 0.15) is 5.82 Å². The molecule has 1 aromatic heterocycles. The third-order valence-electron chi connectivity index (χ3n) is 3.70. The number of aromatic nitrogens is 2. The second-order valence-electron chi connectivity index (χ2n) is 5.51. The molecule has 0 saturated heterocycles. The molecule has 2 N–H and O–H groups in total. The number of nitrogens with zero attached hydrogens (tertiary/aromatic N) is 3. The summed E-state index contributed by atoms with van der Waals surface area (Å²) in [6.45, 7) is 7.07. The average molecular weight is 256 g/mol. The second-order valence-corrected chi connectivity index (χ2v) is 5.51. The molecule has 2 aromatic rings. The van der Waals surface area contributed by atoms with E-state index in [0.717, 1.165) is 31.0 Å². The number of nitrogen functional groups attached to an aromatic ring is 1. The molecule has 0 aliphatic carbocycles. The molecule has 4 heteroatoms. The van der Waals surface area contributed by atoms with E-state index >= 15 is 0 Å². The average Bonchev–Trinajstić information content (AvgIpc) is 2.94. The lowest BCUT2D eigenvalue weighted by atomic mass is 10.1. The van der Waals surface area contributed by atoms with Crippen LogP contribution in [0, 0.1) is 0 Å². The van der Waals surface area contributed by atoms with E-state index in [0.29, 0.717) is 6.04 Å². The molecule has 0 atom stereocenters. The van der Waals surface area contributed by atoms with E-state index in [-0.39, 0.29) is 0 Å². The Hall–Kier alpha value is -1.81. The Morgan fingerprint density at radius 2 is 1.84 bits per heavy atom. The van der Waals surface area contributed by atoms with Crippen molar-refractivity contribution in [1.82, 2.24) is 14.7 Å². The van der Waals surface area contributed by atoms with Gasteiger partial charge in [0.2, 0.25) is 0 Å². The van der Waals surface area contributed by atoms with Crippen molar-refractivity contribution in [2.24, 2.45) is 0 Å². The number of nitrogens with two attached hydrogens (primary N) is 1. The van der Waals surface area contributed by atoms with Gasteiger partial charge in [-0.25, -0.2) is 4.68 Å². The molecule has 1 aliphatic heterocycles. The van der Waals surface area contributed by atoms with Gasteiger partial charge in [-0.1, -0.05) is 24.3 Å². The zero-order valence-electron chi connectivity index (χ0n) is 11.5. The standard InChI is InChI=1S/C15H20N4/c1-11(2)19-15(16)14(7-17-19)10-18-8-12-5-3-4-6-13(12)9-18/h3-7,11H,8-10,16H2,1-2H3. The van der Waals surface area contributed by atoms with Crippen molar-refractivity contribution in [2.45, 2.75) is 39.5 Å². The SMILES string of the molecule is CC(C)n1ncc(CN2Cc3ccccc3C2)c1N. The van der Waals surface area contributed by atoms with Gasteiger partial charge in [0.15, 0.2) is 0 Å². The van der Waals surface area contributed by atoms with Gasteiger partial charge in [0.05, 0.1) is 6.20 Å². The smallest absolute Gasteiger partial charge is 0.126 e. The van der Waals surface area contributed by atoms with E-state index in [4.69, 9.17) is 5.73 Å². The molecule has 4 nitrogen and oxygen atoms in total. The third kappa shape index (κ3) is 2.24. The maximum absolute atomic E-state index is 6.16. The number of fused-ring (bicyclic) bond motifs is 1. The zero-order valence-corrected chi connectivity index (χ0v) is 11.5. The van der Waals surface area contributed by atoms with Crippen LogP contribution in [0.5, 0.6) is 0 Å². The molecule has 0 fully saturated rings. The first-order chi connectivity index (χ1) is 9.15. The highest BCUT2D eigenvalue weighted by molar-refractivity contribution is 5.39. The molecule has 0 unspecified atom stereocenters. The first-order valence-electron chi connectivity index (χ1n) is 6.76. The van der Waals surface area contributed by atoms with E-state index in [1.54, 1.807) is 0 Å². The van der Waals surface area contributed by atoms with Crippen LogP contribution in [0.4, 0.5) is 5.82 Å². The Kier molecular flexibility index (Phi) is 3.03. The van der Waals surface area contributed by atoms with Crippen molar-refractivity contribution in [3.63, 3.8) is 0 Å². The van der Waals surface area contributed by atoms with Crippen molar-refractivity contribution >= 4 is 5.82 Å². The molecule has 0 amide bonds. The lowest BCUT2D eigenvalue weighted by Crippen LogP contribution is -2.16. The normalized spacial score (nSPS) is 15.1. The minimum atomic E-state index is 0.310. The Morgan fingerprint density at radius 1 is 1.21 bits per heavy atom. The summed E-state index contributed by atoms with van der Waals surface area (Å²) < 4.78 is 1.89. The molecule has 19 heavy (non-hydrogen) atoms. The minimum absolute atomic E-state index is 0.310. The van der Waals surface area contributed by atoms with Crippen LogP contribution in [0.15, 0.2) is 30.5 Å². The van der Waals surface area contributed by atoms with E-state index < -0.39 is 0 Å². The van der Waals surface area contributed by atoms with Crippen molar-refractivity contribution in [3.05, 3.63) is 47.2 Å². The fraction of sp³-hybridized carbons (Fsp3) is 0.400. The predicted molar refractivity (Wildman–Crippen MR) is 76.4 cm³/mol. The summed E-state index contributed by atoms with van der Waals surface area (Å²) >= 11 is 0. The number of rotatable bonds is 3. The zero-order chi connectivity index (χ0) is 13.4. The molecular weight excluding hydrogens is 236 g/mol. The van der Waals surface area contributed by atoms with Crippen LogP contribution in [0.2, 0.25) is 0 Å². The second kappa shape index (κ2) is 4.70. The molecule has 1 aromatic carbocycles. The highest BCUT2D eigenvalue weighted by atomic mass is 15.3. The van der Waals surface area contributed by atoms with Gasteiger partial charge in [-0.15, -0.1) is 0 Å².